The van der Waals surface area contributed by atoms with Crippen LogP contribution in [0.1, 0.15) is 32.8 Å². The van der Waals surface area contributed by atoms with Crippen LogP contribution in [0.3, 0.4) is 0 Å². The van der Waals surface area contributed by atoms with Gasteiger partial charge in [-0.2, -0.15) is 0 Å². The minimum absolute atomic E-state index is 0.380. The first-order chi connectivity index (χ1) is 8.00. The molecular weight excluding hydrogens is 212 g/mol. The smallest absolute Gasteiger partial charge is 0.118 e. The zero-order chi connectivity index (χ0) is 12.5. The third-order valence-electron chi connectivity index (χ3n) is 3.47. The summed E-state index contributed by atoms with van der Waals surface area (Å²) in [6.45, 7) is 7.57. The Morgan fingerprint density at radius 3 is 2.29 bits per heavy atom. The zero-order valence-corrected chi connectivity index (χ0v) is 11.2. The molecule has 0 heterocycles. The summed E-state index contributed by atoms with van der Waals surface area (Å²) in [6, 6.07) is 8.08. The molecule has 0 radical (unpaired) electrons. The van der Waals surface area contributed by atoms with Gasteiger partial charge in [-0.3, -0.25) is 0 Å². The molecule has 1 fully saturated rings. The van der Waals surface area contributed by atoms with Crippen LogP contribution in [-0.2, 0) is 11.3 Å². The highest BCUT2D eigenvalue weighted by Crippen LogP contribution is 2.47. The Hall–Kier alpha value is -1.02. The molecule has 2 rings (SSSR count). The summed E-state index contributed by atoms with van der Waals surface area (Å²) in [6.07, 6.45) is 1.66. The van der Waals surface area contributed by atoms with Crippen molar-refractivity contribution in [1.29, 1.82) is 0 Å². The van der Waals surface area contributed by atoms with Gasteiger partial charge in [0, 0.05) is 0 Å². The number of methoxy groups -OCH3 is 1. The highest BCUT2D eigenvalue weighted by Gasteiger charge is 2.45. The second-order valence-electron chi connectivity index (χ2n) is 5.91. The summed E-state index contributed by atoms with van der Waals surface area (Å²) < 4.78 is 11.0. The molecule has 1 saturated carbocycles. The van der Waals surface area contributed by atoms with Gasteiger partial charge in [0.05, 0.1) is 19.8 Å². The minimum Gasteiger partial charge on any atom is -0.497 e. The summed E-state index contributed by atoms with van der Waals surface area (Å²) >= 11 is 0. The van der Waals surface area contributed by atoms with Gasteiger partial charge in [-0.25, -0.2) is 0 Å². The van der Waals surface area contributed by atoms with Gasteiger partial charge in [-0.15, -0.1) is 0 Å². The van der Waals surface area contributed by atoms with E-state index in [2.05, 4.69) is 32.9 Å². The van der Waals surface area contributed by atoms with Crippen LogP contribution < -0.4 is 4.74 Å². The van der Waals surface area contributed by atoms with E-state index in [4.69, 9.17) is 9.47 Å². The van der Waals surface area contributed by atoms with Crippen molar-refractivity contribution in [1.82, 2.24) is 0 Å². The summed E-state index contributed by atoms with van der Waals surface area (Å²) in [5.74, 6) is 1.62. The number of ether oxygens (including phenoxy) is 2. The molecule has 0 bridgehead atoms. The molecule has 2 unspecified atom stereocenters. The fourth-order valence-corrected chi connectivity index (χ4v) is 2.19. The number of hydrogen-bond donors (Lipinski definition) is 0. The van der Waals surface area contributed by atoms with Gasteiger partial charge < -0.3 is 9.47 Å². The van der Waals surface area contributed by atoms with Crippen LogP contribution in [0, 0.1) is 11.3 Å². The topological polar surface area (TPSA) is 18.5 Å². The molecule has 1 aliphatic carbocycles. The number of benzene rings is 1. The van der Waals surface area contributed by atoms with Crippen LogP contribution in [0.2, 0.25) is 0 Å². The SMILES string of the molecule is COc1ccc(COC2CC2C(C)(C)C)cc1. The summed E-state index contributed by atoms with van der Waals surface area (Å²) in [4.78, 5) is 0. The van der Waals surface area contributed by atoms with Crippen molar-refractivity contribution in [3.63, 3.8) is 0 Å². The molecule has 2 atom stereocenters. The molecule has 0 aromatic heterocycles. The van der Waals surface area contributed by atoms with E-state index in [1.54, 1.807) is 7.11 Å². The van der Waals surface area contributed by atoms with E-state index in [0.29, 0.717) is 18.1 Å². The molecule has 1 aliphatic rings. The Labute approximate surface area is 104 Å². The second-order valence-corrected chi connectivity index (χ2v) is 5.91. The van der Waals surface area contributed by atoms with Crippen molar-refractivity contribution in [2.75, 3.05) is 7.11 Å². The average molecular weight is 234 g/mol. The number of hydrogen-bond acceptors (Lipinski definition) is 2. The van der Waals surface area contributed by atoms with Gasteiger partial charge >= 0.3 is 0 Å². The molecule has 1 aromatic carbocycles. The average Bonchev–Trinajstić information content (AvgIpc) is 3.06. The van der Waals surface area contributed by atoms with Gasteiger partial charge in [0.2, 0.25) is 0 Å². The van der Waals surface area contributed by atoms with Crippen molar-refractivity contribution in [3.8, 4) is 5.75 Å². The van der Waals surface area contributed by atoms with Crippen molar-refractivity contribution in [3.05, 3.63) is 29.8 Å². The molecule has 0 aliphatic heterocycles. The van der Waals surface area contributed by atoms with Crippen LogP contribution in [-0.4, -0.2) is 13.2 Å². The van der Waals surface area contributed by atoms with E-state index in [0.717, 1.165) is 11.7 Å². The summed E-state index contributed by atoms with van der Waals surface area (Å²) in [7, 11) is 1.68. The van der Waals surface area contributed by atoms with Gasteiger partial charge in [-0.05, 0) is 35.4 Å². The molecule has 2 nitrogen and oxygen atoms in total. The van der Waals surface area contributed by atoms with Crippen molar-refractivity contribution in [2.24, 2.45) is 11.3 Å². The first-order valence-corrected chi connectivity index (χ1v) is 6.25. The Kier molecular flexibility index (Phi) is 3.43. The Morgan fingerprint density at radius 1 is 1.18 bits per heavy atom. The molecular formula is C15H22O2. The Bertz CT molecular complexity index is 362. The van der Waals surface area contributed by atoms with E-state index in [1.807, 2.05) is 12.1 Å². The molecule has 0 N–H and O–H groups in total. The maximum Gasteiger partial charge on any atom is 0.118 e. The molecule has 1 aromatic rings. The lowest BCUT2D eigenvalue weighted by atomic mass is 9.90. The first-order valence-electron chi connectivity index (χ1n) is 6.25. The molecule has 94 valence electrons. The fraction of sp³-hybridized carbons (Fsp3) is 0.600. The second kappa shape index (κ2) is 4.69. The summed E-state index contributed by atoms with van der Waals surface area (Å²) in [5.41, 5.74) is 1.59. The maximum atomic E-state index is 5.91. The van der Waals surface area contributed by atoms with Crippen LogP contribution in [0.5, 0.6) is 5.75 Å². The quantitative estimate of drug-likeness (QED) is 0.791. The Morgan fingerprint density at radius 2 is 1.82 bits per heavy atom. The minimum atomic E-state index is 0.380. The molecule has 17 heavy (non-hydrogen) atoms. The normalized spacial score (nSPS) is 23.5. The predicted molar refractivity (Wildman–Crippen MR) is 69.1 cm³/mol. The van der Waals surface area contributed by atoms with E-state index >= 15 is 0 Å². The van der Waals surface area contributed by atoms with Gasteiger partial charge in [0.1, 0.15) is 5.75 Å². The lowest BCUT2D eigenvalue weighted by Crippen LogP contribution is -2.12. The van der Waals surface area contributed by atoms with Gasteiger partial charge in [-0.1, -0.05) is 32.9 Å². The van der Waals surface area contributed by atoms with E-state index in [-0.39, 0.29) is 0 Å². The molecule has 2 heteroatoms. The van der Waals surface area contributed by atoms with Crippen LogP contribution in [0.25, 0.3) is 0 Å². The Balaban J connectivity index is 1.79. The van der Waals surface area contributed by atoms with Crippen LogP contribution in [0.4, 0.5) is 0 Å². The molecule has 0 amide bonds. The summed E-state index contributed by atoms with van der Waals surface area (Å²) in [5, 5.41) is 0. The van der Waals surface area contributed by atoms with Crippen molar-refractivity contribution < 1.29 is 9.47 Å². The van der Waals surface area contributed by atoms with Gasteiger partial charge in [0.15, 0.2) is 0 Å². The van der Waals surface area contributed by atoms with Crippen LogP contribution >= 0.6 is 0 Å². The third kappa shape index (κ3) is 3.22. The van der Waals surface area contributed by atoms with Crippen LogP contribution in [0.15, 0.2) is 24.3 Å². The third-order valence-corrected chi connectivity index (χ3v) is 3.47. The van der Waals surface area contributed by atoms with E-state index < -0.39 is 0 Å². The largest absolute Gasteiger partial charge is 0.497 e. The highest BCUT2D eigenvalue weighted by atomic mass is 16.5. The van der Waals surface area contributed by atoms with Crippen molar-refractivity contribution in [2.45, 2.75) is 39.9 Å². The van der Waals surface area contributed by atoms with Crippen molar-refractivity contribution >= 4 is 0 Å². The maximum absolute atomic E-state index is 5.91. The predicted octanol–water partition coefficient (Wildman–Crippen LogP) is 3.65. The lowest BCUT2D eigenvalue weighted by molar-refractivity contribution is 0.0800. The fourth-order valence-electron chi connectivity index (χ4n) is 2.19. The van der Waals surface area contributed by atoms with Gasteiger partial charge in [0.25, 0.3) is 0 Å². The monoisotopic (exact) mass is 234 g/mol. The molecule has 0 spiro atoms. The van der Waals surface area contributed by atoms with E-state index in [1.165, 1.54) is 12.0 Å². The standard InChI is InChI=1S/C15H22O2/c1-15(2,3)13-9-14(13)17-10-11-5-7-12(16-4)8-6-11/h5-8,13-14H,9-10H2,1-4H3. The number of rotatable bonds is 4. The lowest BCUT2D eigenvalue weighted by Gasteiger charge is -2.17. The highest BCUT2D eigenvalue weighted by molar-refractivity contribution is 5.26. The molecule has 0 saturated heterocycles. The first kappa shape index (κ1) is 12.4. The van der Waals surface area contributed by atoms with E-state index in [9.17, 15) is 0 Å². The zero-order valence-electron chi connectivity index (χ0n) is 11.2.